The molecule has 0 saturated heterocycles. The SMILES string of the molecule is CCCCCCCCC=CCCCCCCN.CCCCCCCCCC=CCCCCCN. The van der Waals surface area contributed by atoms with E-state index in [0.717, 1.165) is 13.1 Å². The molecular weight excluding hydrogens is 412 g/mol. The first-order chi connectivity index (χ1) is 16.8. The Morgan fingerprint density at radius 1 is 0.324 bits per heavy atom. The third kappa shape index (κ3) is 38.7. The molecule has 0 aromatic rings. The molecule has 0 spiro atoms. The Bertz CT molecular complexity index is 375. The third-order valence-electron chi connectivity index (χ3n) is 6.43. The molecule has 0 amide bonds. The molecule has 0 fully saturated rings. The molecule has 0 unspecified atom stereocenters. The zero-order valence-corrected chi connectivity index (χ0v) is 23.8. The zero-order valence-electron chi connectivity index (χ0n) is 23.8. The molecule has 0 aliphatic rings. The lowest BCUT2D eigenvalue weighted by atomic mass is 10.1. The molecule has 0 rings (SSSR count). The van der Waals surface area contributed by atoms with Crippen molar-refractivity contribution in [1.82, 2.24) is 0 Å². The van der Waals surface area contributed by atoms with Crippen molar-refractivity contribution >= 4 is 0 Å². The monoisotopic (exact) mass is 479 g/mol. The van der Waals surface area contributed by atoms with E-state index in [1.165, 1.54) is 154 Å². The Morgan fingerprint density at radius 2 is 0.559 bits per heavy atom. The van der Waals surface area contributed by atoms with E-state index in [0.29, 0.717) is 0 Å². The van der Waals surface area contributed by atoms with Gasteiger partial charge in [-0.1, -0.05) is 128 Å². The molecule has 0 saturated carbocycles. The van der Waals surface area contributed by atoms with Crippen LogP contribution in [-0.4, -0.2) is 13.1 Å². The van der Waals surface area contributed by atoms with Gasteiger partial charge in [-0.05, 0) is 77.3 Å². The first-order valence-corrected chi connectivity index (χ1v) is 15.5. The highest BCUT2D eigenvalue weighted by Gasteiger charge is 1.90. The van der Waals surface area contributed by atoms with Crippen molar-refractivity contribution in [2.45, 2.75) is 168 Å². The zero-order chi connectivity index (χ0) is 25.2. The van der Waals surface area contributed by atoms with Gasteiger partial charge in [0.05, 0.1) is 0 Å². The summed E-state index contributed by atoms with van der Waals surface area (Å²) in [7, 11) is 0. The summed E-state index contributed by atoms with van der Waals surface area (Å²) in [5.41, 5.74) is 10.9. The Labute approximate surface area is 216 Å². The summed E-state index contributed by atoms with van der Waals surface area (Å²) in [5, 5.41) is 0. The summed E-state index contributed by atoms with van der Waals surface area (Å²) >= 11 is 0. The summed E-state index contributed by atoms with van der Waals surface area (Å²) < 4.78 is 0. The van der Waals surface area contributed by atoms with Gasteiger partial charge < -0.3 is 11.5 Å². The van der Waals surface area contributed by atoms with Crippen LogP contribution in [0, 0.1) is 0 Å². The Kier molecular flexibility index (Phi) is 38.7. The van der Waals surface area contributed by atoms with Crippen molar-refractivity contribution in [3.05, 3.63) is 24.3 Å². The van der Waals surface area contributed by atoms with E-state index in [-0.39, 0.29) is 0 Å². The van der Waals surface area contributed by atoms with Crippen molar-refractivity contribution in [3.63, 3.8) is 0 Å². The Hall–Kier alpha value is -0.600. The van der Waals surface area contributed by atoms with Crippen LogP contribution >= 0.6 is 0 Å². The fourth-order valence-corrected chi connectivity index (χ4v) is 4.08. The number of unbranched alkanes of at least 4 members (excludes halogenated alkanes) is 20. The topological polar surface area (TPSA) is 52.0 Å². The molecule has 2 heteroatoms. The first kappa shape index (κ1) is 35.6. The standard InChI is InChI=1S/2C16H33N/c2*1-2-3-4-5-6-7-8-9-10-11-12-13-14-15-16-17/h10-11H,2-9,12-17H2,1H3;9-10H,2-8,11-17H2,1H3. The van der Waals surface area contributed by atoms with Gasteiger partial charge in [0, 0.05) is 0 Å². The molecule has 0 aromatic carbocycles. The minimum Gasteiger partial charge on any atom is -0.330 e. The van der Waals surface area contributed by atoms with E-state index in [1.54, 1.807) is 0 Å². The Balaban J connectivity index is 0. The van der Waals surface area contributed by atoms with Crippen LogP contribution in [0.3, 0.4) is 0 Å². The molecule has 4 N–H and O–H groups in total. The normalized spacial score (nSPS) is 11.4. The second kappa shape index (κ2) is 37.0. The quantitative estimate of drug-likeness (QED) is 0.0959. The van der Waals surface area contributed by atoms with E-state index in [2.05, 4.69) is 38.2 Å². The summed E-state index contributed by atoms with van der Waals surface area (Å²) in [4.78, 5) is 0. The van der Waals surface area contributed by atoms with E-state index in [1.807, 2.05) is 0 Å². The van der Waals surface area contributed by atoms with Crippen LogP contribution in [0.4, 0.5) is 0 Å². The molecular formula is C32H66N2. The van der Waals surface area contributed by atoms with E-state index in [4.69, 9.17) is 11.5 Å². The second-order valence-electron chi connectivity index (χ2n) is 10.0. The van der Waals surface area contributed by atoms with Gasteiger partial charge in [-0.3, -0.25) is 0 Å². The van der Waals surface area contributed by atoms with Crippen LogP contribution in [0.15, 0.2) is 24.3 Å². The molecule has 0 heterocycles. The molecule has 34 heavy (non-hydrogen) atoms. The van der Waals surface area contributed by atoms with E-state index >= 15 is 0 Å². The maximum absolute atomic E-state index is 5.45. The molecule has 204 valence electrons. The molecule has 0 radical (unpaired) electrons. The van der Waals surface area contributed by atoms with E-state index in [9.17, 15) is 0 Å². The molecule has 0 aromatic heterocycles. The Morgan fingerprint density at radius 3 is 0.853 bits per heavy atom. The van der Waals surface area contributed by atoms with E-state index < -0.39 is 0 Å². The van der Waals surface area contributed by atoms with Gasteiger partial charge in [0.1, 0.15) is 0 Å². The average molecular weight is 479 g/mol. The fraction of sp³-hybridized carbons (Fsp3) is 0.875. The van der Waals surface area contributed by atoms with Crippen LogP contribution in [0.5, 0.6) is 0 Å². The van der Waals surface area contributed by atoms with Crippen LogP contribution in [0.1, 0.15) is 168 Å². The van der Waals surface area contributed by atoms with Gasteiger partial charge in [0.15, 0.2) is 0 Å². The van der Waals surface area contributed by atoms with Crippen LogP contribution in [0.25, 0.3) is 0 Å². The smallest absolute Gasteiger partial charge is 0.00773 e. The van der Waals surface area contributed by atoms with Gasteiger partial charge in [-0.25, -0.2) is 0 Å². The minimum absolute atomic E-state index is 0.849. The number of nitrogens with two attached hydrogens (primary N) is 2. The fourth-order valence-electron chi connectivity index (χ4n) is 4.08. The van der Waals surface area contributed by atoms with Crippen LogP contribution in [0.2, 0.25) is 0 Å². The lowest BCUT2D eigenvalue weighted by Gasteiger charge is -1.99. The van der Waals surface area contributed by atoms with Gasteiger partial charge >= 0.3 is 0 Å². The molecule has 0 atom stereocenters. The lowest BCUT2D eigenvalue weighted by molar-refractivity contribution is 0.592. The molecule has 0 bridgehead atoms. The maximum Gasteiger partial charge on any atom is -0.00773 e. The number of rotatable bonds is 26. The largest absolute Gasteiger partial charge is 0.330 e. The molecule has 0 aliphatic carbocycles. The average Bonchev–Trinajstić information content (AvgIpc) is 2.85. The number of hydrogen-bond acceptors (Lipinski definition) is 2. The highest BCUT2D eigenvalue weighted by Crippen LogP contribution is 2.10. The van der Waals surface area contributed by atoms with Crippen LogP contribution in [-0.2, 0) is 0 Å². The highest BCUT2D eigenvalue weighted by molar-refractivity contribution is 4.82. The molecule has 0 aliphatic heterocycles. The summed E-state index contributed by atoms with van der Waals surface area (Å²) in [6, 6.07) is 0. The summed E-state index contributed by atoms with van der Waals surface area (Å²) in [5.74, 6) is 0. The van der Waals surface area contributed by atoms with Gasteiger partial charge in [-0.15, -0.1) is 0 Å². The van der Waals surface area contributed by atoms with Crippen molar-refractivity contribution in [2.24, 2.45) is 11.5 Å². The first-order valence-electron chi connectivity index (χ1n) is 15.5. The molecule has 2 nitrogen and oxygen atoms in total. The van der Waals surface area contributed by atoms with Crippen molar-refractivity contribution in [1.29, 1.82) is 0 Å². The lowest BCUT2D eigenvalue weighted by Crippen LogP contribution is -1.97. The van der Waals surface area contributed by atoms with Crippen LogP contribution < -0.4 is 11.5 Å². The van der Waals surface area contributed by atoms with Gasteiger partial charge in [0.2, 0.25) is 0 Å². The minimum atomic E-state index is 0.849. The second-order valence-corrected chi connectivity index (χ2v) is 10.0. The van der Waals surface area contributed by atoms with Crippen molar-refractivity contribution < 1.29 is 0 Å². The van der Waals surface area contributed by atoms with Gasteiger partial charge in [0.25, 0.3) is 0 Å². The van der Waals surface area contributed by atoms with Crippen molar-refractivity contribution in [3.8, 4) is 0 Å². The maximum atomic E-state index is 5.45. The predicted molar refractivity (Wildman–Crippen MR) is 159 cm³/mol. The summed E-state index contributed by atoms with van der Waals surface area (Å²) in [6.45, 7) is 6.25. The highest BCUT2D eigenvalue weighted by atomic mass is 14.5. The summed E-state index contributed by atoms with van der Waals surface area (Å²) in [6.07, 6.45) is 41.8. The third-order valence-corrected chi connectivity index (χ3v) is 6.43. The van der Waals surface area contributed by atoms with Gasteiger partial charge in [-0.2, -0.15) is 0 Å². The number of hydrogen-bond donors (Lipinski definition) is 2. The van der Waals surface area contributed by atoms with Crippen molar-refractivity contribution in [2.75, 3.05) is 13.1 Å². The predicted octanol–water partition coefficient (Wildman–Crippen LogP) is 10.4. The number of allylic oxidation sites excluding steroid dienone is 4.